The van der Waals surface area contributed by atoms with Gasteiger partial charge >= 0.3 is 0 Å². The number of fused-ring (bicyclic) bond motifs is 2. The minimum atomic E-state index is 0.343. The van der Waals surface area contributed by atoms with Crippen molar-refractivity contribution in [2.75, 3.05) is 33.5 Å². The molecule has 1 aliphatic heterocycles. The molecule has 29 heavy (non-hydrogen) atoms. The molecule has 2 N–H and O–H groups in total. The number of hydrogen-bond donors (Lipinski definition) is 2. The Morgan fingerprint density at radius 3 is 2.90 bits per heavy atom. The van der Waals surface area contributed by atoms with E-state index < -0.39 is 0 Å². The summed E-state index contributed by atoms with van der Waals surface area (Å²) in [6, 6.07) is 6.79. The van der Waals surface area contributed by atoms with E-state index in [-0.39, 0.29) is 0 Å². The van der Waals surface area contributed by atoms with Crippen LogP contribution < -0.4 is 15.4 Å². The molecule has 3 aliphatic rings. The molecule has 2 aliphatic carbocycles. The SMILES string of the molecule is CCNC(=NCc1ccc(C)cc1OCCOC)NC1C2CCOC2C12CCC2. The smallest absolute Gasteiger partial charge is 0.191 e. The summed E-state index contributed by atoms with van der Waals surface area (Å²) in [6.45, 7) is 7.66. The zero-order chi connectivity index (χ0) is 20.3. The molecule has 0 amide bonds. The van der Waals surface area contributed by atoms with Gasteiger partial charge in [0.25, 0.3) is 0 Å². The number of ether oxygens (including phenoxy) is 3. The fraction of sp³-hybridized carbons (Fsp3) is 0.696. The van der Waals surface area contributed by atoms with Crippen LogP contribution in [0.3, 0.4) is 0 Å². The molecule has 6 nitrogen and oxygen atoms in total. The van der Waals surface area contributed by atoms with E-state index in [9.17, 15) is 0 Å². The Bertz CT molecular complexity index is 732. The zero-order valence-electron chi connectivity index (χ0n) is 18.0. The molecular formula is C23H35N3O3. The van der Waals surface area contributed by atoms with Crippen molar-refractivity contribution in [1.29, 1.82) is 0 Å². The van der Waals surface area contributed by atoms with Crippen molar-refractivity contribution in [2.45, 2.75) is 58.2 Å². The standard InChI is InChI=1S/C23H35N3O3/c1-4-24-22(26-20-18-8-11-29-21(18)23(20)9-5-10-23)25-15-17-7-6-16(2)14-19(17)28-13-12-27-3/h6-7,14,18,20-21H,4-5,8-13,15H2,1-3H3,(H2,24,25,26). The van der Waals surface area contributed by atoms with Gasteiger partial charge in [0.2, 0.25) is 0 Å². The first-order valence-corrected chi connectivity index (χ1v) is 11.1. The van der Waals surface area contributed by atoms with Crippen LogP contribution in [0.1, 0.15) is 43.7 Å². The van der Waals surface area contributed by atoms with Gasteiger partial charge in [0, 0.05) is 43.2 Å². The van der Waals surface area contributed by atoms with E-state index in [1.807, 2.05) is 0 Å². The number of hydrogen-bond acceptors (Lipinski definition) is 4. The lowest BCUT2D eigenvalue weighted by Crippen LogP contribution is -2.72. The Morgan fingerprint density at radius 2 is 2.17 bits per heavy atom. The Morgan fingerprint density at radius 1 is 1.31 bits per heavy atom. The molecule has 3 fully saturated rings. The number of aryl methyl sites for hydroxylation is 1. The molecule has 0 aromatic heterocycles. The normalized spacial score (nSPS) is 27.1. The largest absolute Gasteiger partial charge is 0.491 e. The highest BCUT2D eigenvalue weighted by molar-refractivity contribution is 5.80. The average molecular weight is 402 g/mol. The van der Waals surface area contributed by atoms with Crippen molar-refractivity contribution in [1.82, 2.24) is 10.6 Å². The van der Waals surface area contributed by atoms with E-state index in [1.165, 1.54) is 31.2 Å². The van der Waals surface area contributed by atoms with Crippen LogP contribution in [0.5, 0.6) is 5.75 Å². The van der Waals surface area contributed by atoms with E-state index in [0.717, 1.165) is 30.4 Å². The highest BCUT2D eigenvalue weighted by Crippen LogP contribution is 2.62. The van der Waals surface area contributed by atoms with E-state index in [4.69, 9.17) is 19.2 Å². The van der Waals surface area contributed by atoms with Crippen molar-refractivity contribution in [3.05, 3.63) is 29.3 Å². The van der Waals surface area contributed by atoms with Crippen molar-refractivity contribution in [3.63, 3.8) is 0 Å². The minimum Gasteiger partial charge on any atom is -0.491 e. The molecule has 3 unspecified atom stereocenters. The maximum Gasteiger partial charge on any atom is 0.191 e. The highest BCUT2D eigenvalue weighted by Gasteiger charge is 2.66. The fourth-order valence-corrected chi connectivity index (χ4v) is 5.25. The molecule has 6 heteroatoms. The molecule has 1 spiro atoms. The first-order valence-electron chi connectivity index (χ1n) is 11.1. The maximum atomic E-state index is 6.06. The summed E-state index contributed by atoms with van der Waals surface area (Å²) in [7, 11) is 1.69. The molecule has 0 bridgehead atoms. The summed E-state index contributed by atoms with van der Waals surface area (Å²) in [5.74, 6) is 2.43. The average Bonchev–Trinajstić information content (AvgIpc) is 3.09. The molecule has 1 aromatic rings. The predicted octanol–water partition coefficient (Wildman–Crippen LogP) is 3.03. The van der Waals surface area contributed by atoms with Crippen molar-refractivity contribution < 1.29 is 14.2 Å². The monoisotopic (exact) mass is 401 g/mol. The number of aliphatic imine (C=N–C) groups is 1. The van der Waals surface area contributed by atoms with Gasteiger partial charge in [-0.1, -0.05) is 18.6 Å². The number of methoxy groups -OCH3 is 1. The van der Waals surface area contributed by atoms with Crippen LogP contribution in [0.15, 0.2) is 23.2 Å². The molecule has 4 rings (SSSR count). The molecule has 160 valence electrons. The molecule has 0 radical (unpaired) electrons. The summed E-state index contributed by atoms with van der Waals surface area (Å²) >= 11 is 0. The molecule has 3 atom stereocenters. The lowest BCUT2D eigenvalue weighted by molar-refractivity contribution is -0.171. The third-order valence-corrected chi connectivity index (χ3v) is 6.85. The van der Waals surface area contributed by atoms with Crippen LogP contribution in [0, 0.1) is 18.3 Å². The van der Waals surface area contributed by atoms with Gasteiger partial charge in [0.1, 0.15) is 12.4 Å². The Kier molecular flexibility index (Phi) is 6.30. The topological polar surface area (TPSA) is 64.1 Å². The third kappa shape index (κ3) is 3.97. The van der Waals surface area contributed by atoms with Crippen molar-refractivity contribution >= 4 is 5.96 Å². The van der Waals surface area contributed by atoms with E-state index in [1.54, 1.807) is 7.11 Å². The van der Waals surface area contributed by atoms with Gasteiger partial charge in [-0.05, 0) is 44.7 Å². The lowest BCUT2D eigenvalue weighted by Gasteiger charge is -2.63. The Balaban J connectivity index is 1.45. The second kappa shape index (κ2) is 8.92. The van der Waals surface area contributed by atoms with Crippen LogP contribution in [0.4, 0.5) is 0 Å². The number of rotatable bonds is 8. The lowest BCUT2D eigenvalue weighted by atomic mass is 9.46. The van der Waals surface area contributed by atoms with Crippen molar-refractivity contribution in [3.8, 4) is 5.75 Å². The van der Waals surface area contributed by atoms with Gasteiger partial charge in [-0.25, -0.2) is 4.99 Å². The first-order chi connectivity index (χ1) is 14.2. The van der Waals surface area contributed by atoms with Gasteiger partial charge < -0.3 is 24.8 Å². The van der Waals surface area contributed by atoms with Gasteiger partial charge in [0.05, 0.1) is 19.3 Å². The quantitative estimate of drug-likeness (QED) is 0.398. The molecule has 1 saturated heterocycles. The predicted molar refractivity (Wildman–Crippen MR) is 114 cm³/mol. The zero-order valence-corrected chi connectivity index (χ0v) is 18.0. The molecule has 2 saturated carbocycles. The van der Waals surface area contributed by atoms with Gasteiger partial charge in [-0.3, -0.25) is 0 Å². The van der Waals surface area contributed by atoms with Gasteiger partial charge in [0.15, 0.2) is 5.96 Å². The highest BCUT2D eigenvalue weighted by atomic mass is 16.5. The summed E-state index contributed by atoms with van der Waals surface area (Å²) in [6.07, 6.45) is 5.51. The third-order valence-electron chi connectivity index (χ3n) is 6.85. The summed E-state index contributed by atoms with van der Waals surface area (Å²) in [5, 5.41) is 7.21. The number of nitrogens with zero attached hydrogens (tertiary/aromatic N) is 1. The number of nitrogens with one attached hydrogen (secondary N) is 2. The fourth-order valence-electron chi connectivity index (χ4n) is 5.25. The van der Waals surface area contributed by atoms with Crippen LogP contribution in [0.25, 0.3) is 0 Å². The second-order valence-corrected chi connectivity index (χ2v) is 8.60. The van der Waals surface area contributed by atoms with E-state index >= 15 is 0 Å². The molecular weight excluding hydrogens is 366 g/mol. The Labute approximate surface area is 174 Å². The van der Waals surface area contributed by atoms with Crippen LogP contribution >= 0.6 is 0 Å². The van der Waals surface area contributed by atoms with Crippen LogP contribution in [-0.4, -0.2) is 51.6 Å². The number of benzene rings is 1. The number of guanidine groups is 1. The van der Waals surface area contributed by atoms with Crippen molar-refractivity contribution in [2.24, 2.45) is 16.3 Å². The Hall–Kier alpha value is -1.79. The summed E-state index contributed by atoms with van der Waals surface area (Å²) in [4.78, 5) is 4.90. The second-order valence-electron chi connectivity index (χ2n) is 8.60. The maximum absolute atomic E-state index is 6.06. The van der Waals surface area contributed by atoms with Gasteiger partial charge in [-0.2, -0.15) is 0 Å². The summed E-state index contributed by atoms with van der Waals surface area (Å²) in [5.41, 5.74) is 2.62. The van der Waals surface area contributed by atoms with Crippen LogP contribution in [0.2, 0.25) is 0 Å². The molecule has 1 aromatic carbocycles. The van der Waals surface area contributed by atoms with E-state index in [0.29, 0.717) is 43.2 Å². The first kappa shape index (κ1) is 20.5. The summed E-state index contributed by atoms with van der Waals surface area (Å²) < 4.78 is 17.1. The molecule has 1 heterocycles. The van der Waals surface area contributed by atoms with Crippen LogP contribution in [-0.2, 0) is 16.0 Å². The van der Waals surface area contributed by atoms with E-state index in [2.05, 4.69) is 42.7 Å². The minimum absolute atomic E-state index is 0.343. The van der Waals surface area contributed by atoms with Gasteiger partial charge in [-0.15, -0.1) is 0 Å².